The molecule has 0 N–H and O–H groups in total. The molecule has 0 bridgehead atoms. The van der Waals surface area contributed by atoms with Crippen LogP contribution in [0.2, 0.25) is 0 Å². The zero-order valence-corrected chi connectivity index (χ0v) is 10.4. The van der Waals surface area contributed by atoms with E-state index in [1.807, 2.05) is 13.8 Å². The topological polar surface area (TPSA) is 0 Å². The van der Waals surface area contributed by atoms with Gasteiger partial charge in [0, 0.05) is 19.6 Å². The van der Waals surface area contributed by atoms with Crippen LogP contribution < -0.4 is 0 Å². The molecule has 0 spiro atoms. The molecule has 1 rings (SSSR count). The van der Waals surface area contributed by atoms with E-state index in [2.05, 4.69) is 50.5 Å². The second-order valence-electron chi connectivity index (χ2n) is 2.64. The minimum absolute atomic E-state index is 0.801. The fraction of sp³-hybridized carbons (Fsp3) is 0.250. The summed E-state index contributed by atoms with van der Waals surface area (Å²) >= 11 is 17.3. The molecule has 0 heterocycles. The Kier molecular flexibility index (Phi) is 3.37. The van der Waals surface area contributed by atoms with Gasteiger partial charge in [-0.25, -0.2) is 0 Å². The third kappa shape index (κ3) is 1.62. The summed E-state index contributed by atoms with van der Waals surface area (Å²) in [6.07, 6.45) is 0. The summed E-state index contributed by atoms with van der Waals surface area (Å²) in [5.41, 5.74) is 2.23. The lowest BCUT2D eigenvalue weighted by Gasteiger charge is -2.12. The SMILES string of the molecule is Cc1c(C)c(S)c(S)c(S)c1S. The third-order valence-corrected chi connectivity index (χ3v) is 4.49. The Morgan fingerprint density at radius 1 is 0.583 bits per heavy atom. The van der Waals surface area contributed by atoms with Gasteiger partial charge < -0.3 is 0 Å². The summed E-state index contributed by atoms with van der Waals surface area (Å²) in [7, 11) is 0. The highest BCUT2D eigenvalue weighted by Crippen LogP contribution is 2.36. The number of benzene rings is 1. The van der Waals surface area contributed by atoms with Crippen LogP contribution in [-0.2, 0) is 0 Å². The average Bonchev–Trinajstić information content (AvgIpc) is 2.08. The van der Waals surface area contributed by atoms with Crippen molar-refractivity contribution in [3.63, 3.8) is 0 Å². The van der Waals surface area contributed by atoms with E-state index in [4.69, 9.17) is 0 Å². The molecule has 0 saturated heterocycles. The van der Waals surface area contributed by atoms with Gasteiger partial charge in [0.25, 0.3) is 0 Å². The standard InChI is InChI=1S/C8H10S4/c1-3-4(2)6(10)8(12)7(11)5(3)9/h9-12H,1-2H3. The van der Waals surface area contributed by atoms with Crippen LogP contribution in [0, 0.1) is 13.8 Å². The second-order valence-corrected chi connectivity index (χ2v) is 4.43. The Morgan fingerprint density at radius 2 is 0.833 bits per heavy atom. The first-order valence-corrected chi connectivity index (χ1v) is 5.18. The van der Waals surface area contributed by atoms with E-state index in [9.17, 15) is 0 Å². The van der Waals surface area contributed by atoms with Crippen molar-refractivity contribution in [1.82, 2.24) is 0 Å². The van der Waals surface area contributed by atoms with E-state index in [0.717, 1.165) is 30.7 Å². The summed E-state index contributed by atoms with van der Waals surface area (Å²) < 4.78 is 0. The maximum absolute atomic E-state index is 4.34. The molecule has 0 radical (unpaired) electrons. The molecule has 4 heteroatoms. The largest absolute Gasteiger partial charge is 0.142 e. The number of thiol groups is 4. The van der Waals surface area contributed by atoms with Gasteiger partial charge in [0.05, 0.1) is 0 Å². The molecule has 66 valence electrons. The second kappa shape index (κ2) is 3.78. The molecule has 0 fully saturated rings. The monoisotopic (exact) mass is 234 g/mol. The zero-order valence-electron chi connectivity index (χ0n) is 6.79. The molecule has 12 heavy (non-hydrogen) atoms. The lowest BCUT2D eigenvalue weighted by molar-refractivity contribution is 0.975. The van der Waals surface area contributed by atoms with Crippen molar-refractivity contribution in [2.45, 2.75) is 33.4 Å². The van der Waals surface area contributed by atoms with E-state index in [1.54, 1.807) is 0 Å². The van der Waals surface area contributed by atoms with Crippen LogP contribution >= 0.6 is 50.5 Å². The number of rotatable bonds is 0. The van der Waals surface area contributed by atoms with Crippen molar-refractivity contribution in [3.8, 4) is 0 Å². The molecule has 1 aromatic rings. The summed E-state index contributed by atoms with van der Waals surface area (Å²) in [5, 5.41) is 0. The van der Waals surface area contributed by atoms with Crippen LogP contribution in [0.4, 0.5) is 0 Å². The van der Waals surface area contributed by atoms with Crippen molar-refractivity contribution in [2.24, 2.45) is 0 Å². The summed E-state index contributed by atoms with van der Waals surface area (Å²) in [5.74, 6) is 0. The predicted octanol–water partition coefficient (Wildman–Crippen LogP) is 3.46. The van der Waals surface area contributed by atoms with Gasteiger partial charge in [-0.3, -0.25) is 0 Å². The summed E-state index contributed by atoms with van der Waals surface area (Å²) in [6, 6.07) is 0. The fourth-order valence-corrected chi connectivity index (χ4v) is 2.23. The highest BCUT2D eigenvalue weighted by molar-refractivity contribution is 7.86. The Balaban J connectivity index is 3.60. The van der Waals surface area contributed by atoms with Crippen LogP contribution in [0.1, 0.15) is 11.1 Å². The van der Waals surface area contributed by atoms with Gasteiger partial charge in [-0.15, -0.1) is 50.5 Å². The molecule has 0 saturated carbocycles. The van der Waals surface area contributed by atoms with Crippen LogP contribution in [0.25, 0.3) is 0 Å². The predicted molar refractivity (Wildman–Crippen MR) is 64.9 cm³/mol. The van der Waals surface area contributed by atoms with E-state index in [-0.39, 0.29) is 0 Å². The molecule has 0 aliphatic heterocycles. The van der Waals surface area contributed by atoms with Gasteiger partial charge in [0.1, 0.15) is 0 Å². The molecule has 0 amide bonds. The third-order valence-electron chi connectivity index (χ3n) is 1.95. The molecule has 0 atom stereocenters. The minimum Gasteiger partial charge on any atom is -0.142 e. The first-order valence-electron chi connectivity index (χ1n) is 3.39. The molecule has 0 unspecified atom stereocenters. The smallest absolute Gasteiger partial charge is 0.0322 e. The van der Waals surface area contributed by atoms with Crippen molar-refractivity contribution in [1.29, 1.82) is 0 Å². The van der Waals surface area contributed by atoms with Crippen molar-refractivity contribution in [3.05, 3.63) is 11.1 Å². The van der Waals surface area contributed by atoms with Gasteiger partial charge in [-0.05, 0) is 25.0 Å². The van der Waals surface area contributed by atoms with E-state index in [0.29, 0.717) is 0 Å². The van der Waals surface area contributed by atoms with Crippen LogP contribution in [0.5, 0.6) is 0 Å². The van der Waals surface area contributed by atoms with Crippen LogP contribution in [0.15, 0.2) is 19.6 Å². The van der Waals surface area contributed by atoms with E-state index in [1.165, 1.54) is 0 Å². The highest BCUT2D eigenvalue weighted by Gasteiger charge is 2.10. The lowest BCUT2D eigenvalue weighted by atomic mass is 10.1. The summed E-state index contributed by atoms with van der Waals surface area (Å²) in [4.78, 5) is 3.38. The van der Waals surface area contributed by atoms with Gasteiger partial charge in [0.15, 0.2) is 0 Å². The quantitative estimate of drug-likeness (QED) is 0.486. The Bertz CT molecular complexity index is 225. The first-order chi connectivity index (χ1) is 5.46. The molecule has 1 aromatic carbocycles. The average molecular weight is 234 g/mol. The maximum Gasteiger partial charge on any atom is 0.0322 e. The Morgan fingerprint density at radius 3 is 1.08 bits per heavy atom. The number of hydrogen-bond acceptors (Lipinski definition) is 4. The fourth-order valence-electron chi connectivity index (χ4n) is 0.935. The van der Waals surface area contributed by atoms with Gasteiger partial charge in [0.2, 0.25) is 0 Å². The van der Waals surface area contributed by atoms with Crippen LogP contribution in [0.3, 0.4) is 0 Å². The van der Waals surface area contributed by atoms with Gasteiger partial charge >= 0.3 is 0 Å². The minimum atomic E-state index is 0.801. The highest BCUT2D eigenvalue weighted by atomic mass is 32.1. The Labute approximate surface area is 94.8 Å². The zero-order chi connectivity index (χ0) is 9.46. The van der Waals surface area contributed by atoms with Crippen molar-refractivity contribution >= 4 is 50.5 Å². The van der Waals surface area contributed by atoms with E-state index >= 15 is 0 Å². The Hall–Kier alpha value is 0.620. The van der Waals surface area contributed by atoms with Gasteiger partial charge in [-0.2, -0.15) is 0 Å². The molecule has 0 nitrogen and oxygen atoms in total. The summed E-state index contributed by atoms with van der Waals surface area (Å²) in [6.45, 7) is 4.01. The van der Waals surface area contributed by atoms with E-state index < -0.39 is 0 Å². The van der Waals surface area contributed by atoms with Crippen molar-refractivity contribution < 1.29 is 0 Å². The number of hydrogen-bond donors (Lipinski definition) is 4. The van der Waals surface area contributed by atoms with Crippen LogP contribution in [-0.4, -0.2) is 0 Å². The van der Waals surface area contributed by atoms with Crippen molar-refractivity contribution in [2.75, 3.05) is 0 Å². The molecule has 0 aliphatic rings. The molecule has 0 aliphatic carbocycles. The normalized spacial score (nSPS) is 10.5. The lowest BCUT2D eigenvalue weighted by Crippen LogP contribution is -1.90. The molecular weight excluding hydrogens is 224 g/mol. The van der Waals surface area contributed by atoms with Gasteiger partial charge in [-0.1, -0.05) is 0 Å². The molecular formula is C8H10S4. The first kappa shape index (κ1) is 10.7. The molecule has 0 aromatic heterocycles. The maximum atomic E-state index is 4.34.